The molecule has 4 nitrogen and oxygen atoms in total. The predicted octanol–water partition coefficient (Wildman–Crippen LogP) is 0.407. The number of rotatable bonds is 3. The van der Waals surface area contributed by atoms with Crippen LogP contribution in [0.25, 0.3) is 0 Å². The summed E-state index contributed by atoms with van der Waals surface area (Å²) >= 11 is 5.74. The summed E-state index contributed by atoms with van der Waals surface area (Å²) in [6, 6.07) is 12.4. The van der Waals surface area contributed by atoms with Crippen molar-refractivity contribution in [2.45, 2.75) is 0 Å². The normalized spacial score (nSPS) is 9.45. The van der Waals surface area contributed by atoms with Crippen LogP contribution in [0, 0.1) is 0 Å². The summed E-state index contributed by atoms with van der Waals surface area (Å²) in [6.45, 7) is 0. The van der Waals surface area contributed by atoms with Gasteiger partial charge in [-0.25, -0.2) is 4.79 Å². The summed E-state index contributed by atoms with van der Waals surface area (Å²) in [5, 5.41) is 12.0. The Morgan fingerprint density at radius 3 is 1.95 bits per heavy atom. The second-order valence-corrected chi connectivity index (χ2v) is 4.28. The van der Waals surface area contributed by atoms with Crippen molar-refractivity contribution in [1.82, 2.24) is 0 Å². The van der Waals surface area contributed by atoms with E-state index < -0.39 is 5.97 Å². The minimum atomic E-state index is -1.00. The van der Waals surface area contributed by atoms with Gasteiger partial charge in [-0.15, -0.1) is 0 Å². The predicted molar refractivity (Wildman–Crippen MR) is 73.9 cm³/mol. The maximum absolute atomic E-state index is 11.9. The Kier molecular flexibility index (Phi) is 6.23. The Hall–Kier alpha value is -1.33. The monoisotopic (exact) mass is 299 g/mol. The Morgan fingerprint density at radius 1 is 0.950 bits per heavy atom. The van der Waals surface area contributed by atoms with E-state index in [4.69, 9.17) is 16.7 Å². The second-order valence-electron chi connectivity index (χ2n) is 3.84. The summed E-state index contributed by atoms with van der Waals surface area (Å²) in [5.74, 6) is -1.28. The van der Waals surface area contributed by atoms with E-state index in [-0.39, 0.29) is 42.5 Å². The fourth-order valence-electron chi connectivity index (χ4n) is 1.50. The molecule has 0 unspecified atom stereocenters. The fraction of sp³-hybridized carbons (Fsp3) is 0. The number of carbonyl (C=O) groups is 2. The fourth-order valence-corrected chi connectivity index (χ4v) is 1.63. The molecular formula is C14H11ClNNaO3. The summed E-state index contributed by atoms with van der Waals surface area (Å²) in [5.41, 5.74) is 1.18. The summed E-state index contributed by atoms with van der Waals surface area (Å²) in [4.78, 5) is 22.6. The van der Waals surface area contributed by atoms with E-state index in [0.717, 1.165) is 0 Å². The summed E-state index contributed by atoms with van der Waals surface area (Å²) in [6.07, 6.45) is 0. The maximum atomic E-state index is 11.9. The molecule has 0 aliphatic carbocycles. The minimum Gasteiger partial charge on any atom is -1.00 e. The van der Waals surface area contributed by atoms with E-state index in [1.807, 2.05) is 0 Å². The number of amides is 1. The van der Waals surface area contributed by atoms with E-state index in [0.29, 0.717) is 16.3 Å². The number of carbonyl (C=O) groups excluding carboxylic acids is 1. The van der Waals surface area contributed by atoms with Crippen molar-refractivity contribution in [3.63, 3.8) is 0 Å². The van der Waals surface area contributed by atoms with E-state index in [1.165, 1.54) is 24.3 Å². The van der Waals surface area contributed by atoms with Crippen molar-refractivity contribution in [3.05, 3.63) is 64.7 Å². The molecule has 20 heavy (non-hydrogen) atoms. The zero-order valence-electron chi connectivity index (χ0n) is 11.8. The molecule has 0 saturated heterocycles. The van der Waals surface area contributed by atoms with Crippen molar-refractivity contribution in [2.75, 3.05) is 5.32 Å². The second kappa shape index (κ2) is 7.45. The van der Waals surface area contributed by atoms with Gasteiger partial charge in [0.2, 0.25) is 0 Å². The molecule has 0 aromatic heterocycles. The first-order chi connectivity index (χ1) is 9.06. The molecule has 0 spiro atoms. The van der Waals surface area contributed by atoms with Crippen LogP contribution in [0.4, 0.5) is 5.69 Å². The van der Waals surface area contributed by atoms with E-state index >= 15 is 0 Å². The number of hydrogen-bond donors (Lipinski definition) is 2. The molecule has 0 saturated carbocycles. The Labute approximate surface area is 144 Å². The first kappa shape index (κ1) is 16.7. The Bertz CT molecular complexity index is 617. The van der Waals surface area contributed by atoms with E-state index in [1.54, 1.807) is 24.3 Å². The first-order valence-electron chi connectivity index (χ1n) is 5.46. The van der Waals surface area contributed by atoms with Gasteiger partial charge in [0, 0.05) is 16.3 Å². The van der Waals surface area contributed by atoms with Gasteiger partial charge >= 0.3 is 35.5 Å². The number of anilines is 1. The molecule has 2 rings (SSSR count). The molecule has 6 heteroatoms. The number of carboxylic acids is 1. The van der Waals surface area contributed by atoms with E-state index in [2.05, 4.69) is 5.32 Å². The number of carboxylic acid groups (broad SMARTS) is 1. The van der Waals surface area contributed by atoms with Gasteiger partial charge in [-0.05, 0) is 48.5 Å². The van der Waals surface area contributed by atoms with Crippen molar-refractivity contribution < 1.29 is 45.7 Å². The van der Waals surface area contributed by atoms with Gasteiger partial charge in [0.15, 0.2) is 0 Å². The Morgan fingerprint density at radius 2 is 1.45 bits per heavy atom. The van der Waals surface area contributed by atoms with Crippen molar-refractivity contribution in [1.29, 1.82) is 0 Å². The summed E-state index contributed by atoms with van der Waals surface area (Å²) in [7, 11) is 0. The van der Waals surface area contributed by atoms with Gasteiger partial charge in [-0.1, -0.05) is 11.6 Å². The number of aromatic carboxylic acids is 1. The average molecular weight is 300 g/mol. The molecule has 0 aliphatic heterocycles. The largest absolute Gasteiger partial charge is 1.00 e. The third-order valence-corrected chi connectivity index (χ3v) is 2.75. The van der Waals surface area contributed by atoms with Gasteiger partial charge < -0.3 is 11.8 Å². The number of hydrogen-bond acceptors (Lipinski definition) is 2. The average Bonchev–Trinajstić information content (AvgIpc) is 2.40. The van der Waals surface area contributed by atoms with Crippen LogP contribution >= 0.6 is 11.6 Å². The van der Waals surface area contributed by atoms with Crippen molar-refractivity contribution >= 4 is 29.2 Å². The molecule has 1 amide bonds. The third kappa shape index (κ3) is 4.35. The molecule has 2 N–H and O–H groups in total. The molecule has 0 radical (unpaired) electrons. The molecule has 0 heterocycles. The molecule has 0 bridgehead atoms. The molecule has 98 valence electrons. The number of nitrogens with one attached hydrogen (secondary N) is 1. The van der Waals surface area contributed by atoms with Crippen LogP contribution in [0.5, 0.6) is 0 Å². The third-order valence-electron chi connectivity index (χ3n) is 2.50. The Balaban J connectivity index is 0.00000200. The summed E-state index contributed by atoms with van der Waals surface area (Å²) < 4.78 is 0. The van der Waals surface area contributed by atoms with Gasteiger partial charge in [0.1, 0.15) is 0 Å². The quantitative estimate of drug-likeness (QED) is 0.807. The van der Waals surface area contributed by atoms with Crippen LogP contribution in [0.2, 0.25) is 5.02 Å². The maximum Gasteiger partial charge on any atom is 1.00 e. The van der Waals surface area contributed by atoms with Gasteiger partial charge in [0.05, 0.1) is 5.56 Å². The molecule has 0 fully saturated rings. The van der Waals surface area contributed by atoms with Crippen LogP contribution in [-0.2, 0) is 0 Å². The molecular weight excluding hydrogens is 289 g/mol. The van der Waals surface area contributed by atoms with Crippen LogP contribution in [0.1, 0.15) is 22.1 Å². The standard InChI is InChI=1S/C14H10ClNO3.Na.H/c15-11-5-1-9(2-6-11)13(17)16-12-7-3-10(4-8-12)14(18)19;;/h1-8H,(H,16,17)(H,18,19);;/q;+1;-1. The van der Waals surface area contributed by atoms with Gasteiger partial charge in [0.25, 0.3) is 5.91 Å². The van der Waals surface area contributed by atoms with Crippen molar-refractivity contribution in [3.8, 4) is 0 Å². The van der Waals surface area contributed by atoms with Crippen LogP contribution < -0.4 is 34.9 Å². The van der Waals surface area contributed by atoms with Crippen LogP contribution in [0.3, 0.4) is 0 Å². The smallest absolute Gasteiger partial charge is 1.00 e. The number of halogens is 1. The van der Waals surface area contributed by atoms with Crippen molar-refractivity contribution in [2.24, 2.45) is 0 Å². The molecule has 0 atom stereocenters. The van der Waals surface area contributed by atoms with Crippen LogP contribution in [0.15, 0.2) is 48.5 Å². The molecule has 2 aromatic rings. The van der Waals surface area contributed by atoms with Gasteiger partial charge in [-0.3, -0.25) is 4.79 Å². The molecule has 0 aliphatic rings. The van der Waals surface area contributed by atoms with Crippen LogP contribution in [-0.4, -0.2) is 17.0 Å². The number of benzene rings is 2. The zero-order chi connectivity index (χ0) is 13.8. The zero-order valence-corrected chi connectivity index (χ0v) is 13.5. The van der Waals surface area contributed by atoms with E-state index in [9.17, 15) is 9.59 Å². The first-order valence-corrected chi connectivity index (χ1v) is 5.84. The SMILES string of the molecule is O=C(O)c1ccc(NC(=O)c2ccc(Cl)cc2)cc1.[H-].[Na+]. The molecule has 2 aromatic carbocycles. The van der Waals surface area contributed by atoms with Gasteiger partial charge in [-0.2, -0.15) is 0 Å². The topological polar surface area (TPSA) is 66.4 Å². The minimum absolute atomic E-state index is 0.